The molecule has 0 atom stereocenters. The summed E-state index contributed by atoms with van der Waals surface area (Å²) in [6.07, 6.45) is 4.07. The highest BCUT2D eigenvalue weighted by Crippen LogP contribution is 2.28. The molecule has 0 bridgehead atoms. The van der Waals surface area contributed by atoms with Crippen molar-refractivity contribution in [1.29, 1.82) is 0 Å². The average molecular weight is 574 g/mol. The molecule has 0 radical (unpaired) electrons. The van der Waals surface area contributed by atoms with Gasteiger partial charge in [0.1, 0.15) is 11.9 Å². The Morgan fingerprint density at radius 2 is 1.28 bits per heavy atom. The Morgan fingerprint density at radius 1 is 0.698 bits per heavy atom. The summed E-state index contributed by atoms with van der Waals surface area (Å²) in [4.78, 5) is 18.2. The molecule has 1 amide bonds. The lowest BCUT2D eigenvalue weighted by atomic mass is 9.90. The zero-order valence-electron chi connectivity index (χ0n) is 25.0. The van der Waals surface area contributed by atoms with E-state index in [-0.39, 0.29) is 18.1 Å². The third-order valence-electron chi connectivity index (χ3n) is 8.95. The number of hydrogen-bond donors (Lipinski definition) is 1. The van der Waals surface area contributed by atoms with Gasteiger partial charge in [0.25, 0.3) is 5.91 Å². The molecule has 0 spiro atoms. The second-order valence-electron chi connectivity index (χ2n) is 12.0. The molecule has 0 unspecified atom stereocenters. The summed E-state index contributed by atoms with van der Waals surface area (Å²) in [5, 5.41) is 3.27. The smallest absolute Gasteiger partial charge is 0.251 e. The number of ether oxygens (including phenoxy) is 1. The number of carbonyl (C=O) groups excluding carboxylic acids is 1. The minimum atomic E-state index is -0.00496. The van der Waals surface area contributed by atoms with Crippen molar-refractivity contribution in [2.45, 2.75) is 50.3 Å². The summed E-state index contributed by atoms with van der Waals surface area (Å²) >= 11 is 0. The molecule has 2 aliphatic heterocycles. The van der Waals surface area contributed by atoms with Gasteiger partial charge in [0.15, 0.2) is 0 Å². The van der Waals surface area contributed by atoms with Crippen LogP contribution in [0.4, 0.5) is 0 Å². The fraction of sp³-hybridized carbons (Fsp3) is 0.342. The van der Waals surface area contributed by atoms with Gasteiger partial charge in [-0.2, -0.15) is 0 Å². The molecule has 2 heterocycles. The van der Waals surface area contributed by atoms with Crippen LogP contribution in [0.15, 0.2) is 115 Å². The molecule has 5 nitrogen and oxygen atoms in total. The van der Waals surface area contributed by atoms with E-state index in [1.54, 1.807) is 0 Å². The van der Waals surface area contributed by atoms with E-state index < -0.39 is 0 Å². The van der Waals surface area contributed by atoms with Crippen LogP contribution < -0.4 is 10.1 Å². The van der Waals surface area contributed by atoms with E-state index in [4.69, 9.17) is 4.74 Å². The van der Waals surface area contributed by atoms with Gasteiger partial charge in [0.05, 0.1) is 0 Å². The minimum Gasteiger partial charge on any atom is -0.490 e. The molecular weight excluding hydrogens is 530 g/mol. The zero-order chi connectivity index (χ0) is 29.3. The third kappa shape index (κ3) is 8.13. The van der Waals surface area contributed by atoms with Gasteiger partial charge in [0, 0.05) is 56.8 Å². The zero-order valence-corrected chi connectivity index (χ0v) is 25.0. The second-order valence-corrected chi connectivity index (χ2v) is 12.0. The Bertz CT molecular complexity index is 1370. The van der Waals surface area contributed by atoms with Gasteiger partial charge in [-0.15, -0.1) is 0 Å². The van der Waals surface area contributed by atoms with Crippen molar-refractivity contribution in [1.82, 2.24) is 15.1 Å². The van der Waals surface area contributed by atoms with Gasteiger partial charge in [-0.1, -0.05) is 97.1 Å². The first-order valence-electron chi connectivity index (χ1n) is 15.9. The van der Waals surface area contributed by atoms with Gasteiger partial charge < -0.3 is 15.0 Å². The summed E-state index contributed by atoms with van der Waals surface area (Å²) < 4.78 is 6.42. The van der Waals surface area contributed by atoms with Crippen LogP contribution in [0, 0.1) is 0 Å². The van der Waals surface area contributed by atoms with Crippen molar-refractivity contribution in [3.63, 3.8) is 0 Å². The lowest BCUT2D eigenvalue weighted by molar-refractivity contribution is 0.0902. The molecule has 43 heavy (non-hydrogen) atoms. The van der Waals surface area contributed by atoms with Crippen molar-refractivity contribution in [3.05, 3.63) is 138 Å². The molecule has 4 aromatic rings. The molecular formula is C38H43N3O2. The molecule has 2 aliphatic rings. The standard InChI is InChI=1S/C38H43N3O2/c42-38(39-34-19-23-40(24-20-34)28-30-11-4-1-5-12-30)33-17-10-18-36(27-33)43-35-21-25-41(26-22-35)29-37(31-13-6-2-7-14-31)32-15-8-3-9-16-32/h1-18,27,34-35,37H,19-26,28-29H2,(H,39,42). The highest BCUT2D eigenvalue weighted by molar-refractivity contribution is 5.94. The van der Waals surface area contributed by atoms with Crippen LogP contribution in [0.25, 0.3) is 0 Å². The molecule has 6 rings (SSSR count). The van der Waals surface area contributed by atoms with E-state index in [0.717, 1.165) is 70.7 Å². The maximum Gasteiger partial charge on any atom is 0.251 e. The number of rotatable bonds is 10. The second kappa shape index (κ2) is 14.5. The van der Waals surface area contributed by atoms with E-state index in [2.05, 4.69) is 106 Å². The number of likely N-dealkylation sites (tertiary alicyclic amines) is 2. The number of hydrogen-bond acceptors (Lipinski definition) is 4. The maximum absolute atomic E-state index is 13.1. The summed E-state index contributed by atoms with van der Waals surface area (Å²) in [6.45, 7) is 5.98. The Balaban J connectivity index is 0.974. The summed E-state index contributed by atoms with van der Waals surface area (Å²) in [6, 6.07) is 40.2. The molecule has 1 N–H and O–H groups in total. The third-order valence-corrected chi connectivity index (χ3v) is 8.95. The van der Waals surface area contributed by atoms with Crippen LogP contribution in [0.5, 0.6) is 5.75 Å². The first-order chi connectivity index (χ1) is 21.2. The predicted octanol–water partition coefficient (Wildman–Crippen LogP) is 6.76. The van der Waals surface area contributed by atoms with Crippen LogP contribution in [-0.4, -0.2) is 60.6 Å². The number of piperidine rings is 2. The van der Waals surface area contributed by atoms with Crippen molar-refractivity contribution >= 4 is 5.91 Å². The number of nitrogens with zero attached hydrogens (tertiary/aromatic N) is 2. The van der Waals surface area contributed by atoms with Crippen LogP contribution in [0.1, 0.15) is 58.6 Å². The maximum atomic E-state index is 13.1. The molecule has 5 heteroatoms. The predicted molar refractivity (Wildman–Crippen MR) is 173 cm³/mol. The summed E-state index contributed by atoms with van der Waals surface area (Å²) in [5.74, 6) is 1.14. The fourth-order valence-corrected chi connectivity index (χ4v) is 6.49. The van der Waals surface area contributed by atoms with Crippen LogP contribution in [0.2, 0.25) is 0 Å². The Labute approximate surface area is 256 Å². The topological polar surface area (TPSA) is 44.8 Å². The minimum absolute atomic E-state index is 0.00496. The normalized spacial score (nSPS) is 17.1. The number of benzene rings is 4. The average Bonchev–Trinajstić information content (AvgIpc) is 3.07. The first kappa shape index (κ1) is 29.2. The van der Waals surface area contributed by atoms with Crippen molar-refractivity contribution < 1.29 is 9.53 Å². The number of nitrogens with one attached hydrogen (secondary N) is 1. The van der Waals surface area contributed by atoms with Crippen LogP contribution in [-0.2, 0) is 6.54 Å². The van der Waals surface area contributed by atoms with Crippen molar-refractivity contribution in [3.8, 4) is 5.75 Å². The van der Waals surface area contributed by atoms with Gasteiger partial charge in [0.2, 0.25) is 0 Å². The SMILES string of the molecule is O=C(NC1CCN(Cc2ccccc2)CC1)c1cccc(OC2CCN(CC(c3ccccc3)c3ccccc3)CC2)c1. The Morgan fingerprint density at radius 3 is 1.91 bits per heavy atom. The fourth-order valence-electron chi connectivity index (χ4n) is 6.49. The van der Waals surface area contributed by atoms with Crippen molar-refractivity contribution in [2.24, 2.45) is 0 Å². The van der Waals surface area contributed by atoms with Gasteiger partial charge in [-0.3, -0.25) is 9.69 Å². The molecule has 4 aromatic carbocycles. The molecule has 0 aromatic heterocycles. The van der Waals surface area contributed by atoms with E-state index in [1.165, 1.54) is 16.7 Å². The summed E-state index contributed by atoms with van der Waals surface area (Å²) in [5.41, 5.74) is 4.74. The Hall–Kier alpha value is -3.93. The first-order valence-corrected chi connectivity index (χ1v) is 15.9. The van der Waals surface area contributed by atoms with Crippen molar-refractivity contribution in [2.75, 3.05) is 32.7 Å². The van der Waals surface area contributed by atoms with Gasteiger partial charge in [-0.25, -0.2) is 0 Å². The summed E-state index contributed by atoms with van der Waals surface area (Å²) in [7, 11) is 0. The monoisotopic (exact) mass is 573 g/mol. The lowest BCUT2D eigenvalue weighted by Crippen LogP contribution is -2.44. The highest BCUT2D eigenvalue weighted by atomic mass is 16.5. The van der Waals surface area contributed by atoms with E-state index in [1.807, 2.05) is 24.3 Å². The number of carbonyl (C=O) groups is 1. The molecule has 0 saturated carbocycles. The molecule has 222 valence electrons. The number of amides is 1. The lowest BCUT2D eigenvalue weighted by Gasteiger charge is -2.34. The van der Waals surface area contributed by atoms with Crippen LogP contribution in [0.3, 0.4) is 0 Å². The van der Waals surface area contributed by atoms with E-state index in [0.29, 0.717) is 11.5 Å². The molecule has 2 fully saturated rings. The molecule has 0 aliphatic carbocycles. The van der Waals surface area contributed by atoms with Crippen LogP contribution >= 0.6 is 0 Å². The Kier molecular flexibility index (Phi) is 9.83. The molecule has 2 saturated heterocycles. The van der Waals surface area contributed by atoms with E-state index >= 15 is 0 Å². The van der Waals surface area contributed by atoms with Gasteiger partial charge in [-0.05, 0) is 60.6 Å². The van der Waals surface area contributed by atoms with E-state index in [9.17, 15) is 4.79 Å². The largest absolute Gasteiger partial charge is 0.490 e. The highest BCUT2D eigenvalue weighted by Gasteiger charge is 2.25. The quantitative estimate of drug-likeness (QED) is 0.228. The van der Waals surface area contributed by atoms with Gasteiger partial charge >= 0.3 is 0 Å².